The quantitative estimate of drug-likeness (QED) is 0.441. The lowest BCUT2D eigenvalue weighted by Crippen LogP contribution is -1.88. The molecule has 1 aliphatic carbocycles. The SMILES string of the molecule is CC(=O)/C=C/C#CC1=CCCCC1. The lowest BCUT2D eigenvalue weighted by molar-refractivity contribution is -0.112. The van der Waals surface area contributed by atoms with Gasteiger partial charge in [-0.3, -0.25) is 4.79 Å². The van der Waals surface area contributed by atoms with Crippen molar-refractivity contribution < 1.29 is 4.79 Å². The molecule has 0 aromatic rings. The Hall–Kier alpha value is -1.29. The van der Waals surface area contributed by atoms with E-state index < -0.39 is 0 Å². The van der Waals surface area contributed by atoms with Crippen LogP contribution >= 0.6 is 0 Å². The van der Waals surface area contributed by atoms with E-state index in [1.165, 1.54) is 31.4 Å². The van der Waals surface area contributed by atoms with Crippen LogP contribution in [0.25, 0.3) is 0 Å². The summed E-state index contributed by atoms with van der Waals surface area (Å²) in [5.41, 5.74) is 1.22. The van der Waals surface area contributed by atoms with Crippen LogP contribution < -0.4 is 0 Å². The number of carbonyl (C=O) groups is 1. The molecule has 1 aliphatic rings. The van der Waals surface area contributed by atoms with Crippen LogP contribution in [-0.4, -0.2) is 5.78 Å². The number of allylic oxidation sites excluding steroid dienone is 4. The summed E-state index contributed by atoms with van der Waals surface area (Å²) in [5.74, 6) is 5.96. The third-order valence-corrected chi connectivity index (χ3v) is 1.93. The fraction of sp³-hybridized carbons (Fsp3) is 0.417. The number of ketones is 1. The van der Waals surface area contributed by atoms with Gasteiger partial charge in [0.15, 0.2) is 5.78 Å². The maximum atomic E-state index is 10.5. The highest BCUT2D eigenvalue weighted by atomic mass is 16.1. The average molecular weight is 174 g/mol. The standard InChI is InChI=1S/C12H14O/c1-11(13)7-5-6-10-12-8-3-2-4-9-12/h5,7-8H,2-4,9H2,1H3/b7-5+. The molecule has 0 unspecified atom stereocenters. The van der Waals surface area contributed by atoms with Crippen molar-refractivity contribution in [1.29, 1.82) is 0 Å². The Labute approximate surface area is 79.5 Å². The summed E-state index contributed by atoms with van der Waals surface area (Å²) in [7, 11) is 0. The molecular formula is C12H14O. The van der Waals surface area contributed by atoms with Gasteiger partial charge in [-0.05, 0) is 50.3 Å². The minimum absolute atomic E-state index is 0.0481. The first-order chi connectivity index (χ1) is 6.29. The largest absolute Gasteiger partial charge is 0.295 e. The molecular weight excluding hydrogens is 160 g/mol. The normalized spacial score (nSPS) is 16.2. The summed E-state index contributed by atoms with van der Waals surface area (Å²) < 4.78 is 0. The second-order valence-corrected chi connectivity index (χ2v) is 3.19. The summed E-state index contributed by atoms with van der Waals surface area (Å²) >= 11 is 0. The fourth-order valence-electron chi connectivity index (χ4n) is 1.25. The number of rotatable bonds is 1. The van der Waals surface area contributed by atoms with E-state index in [9.17, 15) is 4.79 Å². The second-order valence-electron chi connectivity index (χ2n) is 3.19. The van der Waals surface area contributed by atoms with Crippen LogP contribution in [0, 0.1) is 11.8 Å². The number of carbonyl (C=O) groups excluding carboxylic acids is 1. The molecule has 0 saturated carbocycles. The monoisotopic (exact) mass is 174 g/mol. The zero-order chi connectivity index (χ0) is 9.52. The first kappa shape index (κ1) is 9.80. The number of hydrogen-bond donors (Lipinski definition) is 0. The fourth-order valence-corrected chi connectivity index (χ4v) is 1.25. The molecule has 0 N–H and O–H groups in total. The first-order valence-electron chi connectivity index (χ1n) is 4.67. The van der Waals surface area contributed by atoms with Crippen LogP contribution in [-0.2, 0) is 4.79 Å². The molecule has 1 nitrogen and oxygen atoms in total. The Kier molecular flexibility index (Phi) is 4.05. The van der Waals surface area contributed by atoms with Gasteiger partial charge in [0.1, 0.15) is 0 Å². The molecule has 0 spiro atoms. The van der Waals surface area contributed by atoms with Crippen LogP contribution in [0.1, 0.15) is 32.6 Å². The van der Waals surface area contributed by atoms with E-state index in [0.717, 1.165) is 12.8 Å². The highest BCUT2D eigenvalue weighted by Crippen LogP contribution is 2.15. The van der Waals surface area contributed by atoms with Crippen LogP contribution in [0.4, 0.5) is 0 Å². The van der Waals surface area contributed by atoms with Gasteiger partial charge in [-0.2, -0.15) is 0 Å². The van der Waals surface area contributed by atoms with Crippen molar-refractivity contribution in [3.05, 3.63) is 23.8 Å². The molecule has 1 heteroatoms. The van der Waals surface area contributed by atoms with E-state index in [1.807, 2.05) is 0 Å². The van der Waals surface area contributed by atoms with Gasteiger partial charge >= 0.3 is 0 Å². The van der Waals surface area contributed by atoms with Crippen molar-refractivity contribution in [1.82, 2.24) is 0 Å². The van der Waals surface area contributed by atoms with Gasteiger partial charge in [0.2, 0.25) is 0 Å². The molecule has 13 heavy (non-hydrogen) atoms. The minimum atomic E-state index is 0.0481. The molecule has 0 aromatic carbocycles. The van der Waals surface area contributed by atoms with Crippen molar-refractivity contribution in [2.75, 3.05) is 0 Å². The highest BCUT2D eigenvalue weighted by molar-refractivity contribution is 5.87. The van der Waals surface area contributed by atoms with E-state index in [2.05, 4.69) is 17.9 Å². The molecule has 0 saturated heterocycles. The molecule has 0 heterocycles. The topological polar surface area (TPSA) is 17.1 Å². The third-order valence-electron chi connectivity index (χ3n) is 1.93. The lowest BCUT2D eigenvalue weighted by atomic mass is 10.0. The van der Waals surface area contributed by atoms with Gasteiger partial charge in [0, 0.05) is 0 Å². The maximum Gasteiger partial charge on any atom is 0.153 e. The second kappa shape index (κ2) is 5.37. The zero-order valence-corrected chi connectivity index (χ0v) is 7.97. The maximum absolute atomic E-state index is 10.5. The summed E-state index contributed by atoms with van der Waals surface area (Å²) in [6.45, 7) is 1.53. The van der Waals surface area contributed by atoms with Crippen LogP contribution in [0.3, 0.4) is 0 Å². The number of hydrogen-bond acceptors (Lipinski definition) is 1. The molecule has 0 radical (unpaired) electrons. The van der Waals surface area contributed by atoms with Crippen molar-refractivity contribution in [3.63, 3.8) is 0 Å². The molecule has 0 bridgehead atoms. The lowest BCUT2D eigenvalue weighted by Gasteiger charge is -2.05. The van der Waals surface area contributed by atoms with Gasteiger partial charge < -0.3 is 0 Å². The molecule has 68 valence electrons. The minimum Gasteiger partial charge on any atom is -0.295 e. The van der Waals surface area contributed by atoms with Crippen molar-refractivity contribution in [3.8, 4) is 11.8 Å². The summed E-state index contributed by atoms with van der Waals surface area (Å²) in [6, 6.07) is 0. The van der Waals surface area contributed by atoms with E-state index in [0.29, 0.717) is 0 Å². The Morgan fingerprint density at radius 3 is 3.00 bits per heavy atom. The highest BCUT2D eigenvalue weighted by Gasteiger charge is 1.98. The third kappa shape index (κ3) is 4.32. The van der Waals surface area contributed by atoms with Crippen LogP contribution in [0.5, 0.6) is 0 Å². The van der Waals surface area contributed by atoms with E-state index in [-0.39, 0.29) is 5.78 Å². The van der Waals surface area contributed by atoms with Gasteiger partial charge in [0.05, 0.1) is 0 Å². The molecule has 0 aliphatic heterocycles. The Balaban J connectivity index is 2.46. The Morgan fingerprint density at radius 1 is 1.54 bits per heavy atom. The summed E-state index contributed by atoms with van der Waals surface area (Å²) in [4.78, 5) is 10.5. The molecule has 0 aromatic heterocycles. The average Bonchev–Trinajstić information content (AvgIpc) is 2.14. The molecule has 0 fully saturated rings. The molecule has 0 atom stereocenters. The van der Waals surface area contributed by atoms with Crippen molar-refractivity contribution in [2.24, 2.45) is 0 Å². The van der Waals surface area contributed by atoms with Gasteiger partial charge in [0.25, 0.3) is 0 Å². The molecule has 1 rings (SSSR count). The predicted octanol–water partition coefficient (Wildman–Crippen LogP) is 2.64. The summed E-state index contributed by atoms with van der Waals surface area (Å²) in [6.07, 6.45) is 10.1. The summed E-state index contributed by atoms with van der Waals surface area (Å²) in [5, 5.41) is 0. The Morgan fingerprint density at radius 2 is 2.38 bits per heavy atom. The predicted molar refractivity (Wildman–Crippen MR) is 54.1 cm³/mol. The van der Waals surface area contributed by atoms with Crippen LogP contribution in [0.15, 0.2) is 23.8 Å². The molecule has 0 amide bonds. The van der Waals surface area contributed by atoms with E-state index in [4.69, 9.17) is 0 Å². The van der Waals surface area contributed by atoms with Gasteiger partial charge in [-0.1, -0.05) is 17.9 Å². The van der Waals surface area contributed by atoms with E-state index >= 15 is 0 Å². The van der Waals surface area contributed by atoms with Crippen molar-refractivity contribution >= 4 is 5.78 Å². The van der Waals surface area contributed by atoms with Gasteiger partial charge in [-0.15, -0.1) is 0 Å². The van der Waals surface area contributed by atoms with E-state index in [1.54, 1.807) is 6.08 Å². The van der Waals surface area contributed by atoms with Crippen LogP contribution in [0.2, 0.25) is 0 Å². The first-order valence-corrected chi connectivity index (χ1v) is 4.67. The van der Waals surface area contributed by atoms with Gasteiger partial charge in [-0.25, -0.2) is 0 Å². The van der Waals surface area contributed by atoms with Crippen molar-refractivity contribution in [2.45, 2.75) is 32.6 Å². The zero-order valence-electron chi connectivity index (χ0n) is 7.97. The Bertz CT molecular complexity index is 297. The smallest absolute Gasteiger partial charge is 0.153 e.